The zero-order chi connectivity index (χ0) is 28.4. The maximum atomic E-state index is 13.7. The highest BCUT2D eigenvalue weighted by Crippen LogP contribution is 2.52. The molecule has 2 aliphatic carbocycles. The molecule has 2 aromatic carbocycles. The maximum Gasteiger partial charge on any atom is 0.202 e. The molecule has 0 bridgehead atoms. The van der Waals surface area contributed by atoms with Gasteiger partial charge in [0, 0.05) is 36.0 Å². The molecule has 39 heavy (non-hydrogen) atoms. The van der Waals surface area contributed by atoms with Gasteiger partial charge in [-0.3, -0.25) is 14.4 Å². The van der Waals surface area contributed by atoms with Crippen LogP contribution in [0.3, 0.4) is 0 Å². The third-order valence-corrected chi connectivity index (χ3v) is 8.40. The van der Waals surface area contributed by atoms with Crippen LogP contribution in [-0.2, 0) is 20.7 Å². The van der Waals surface area contributed by atoms with E-state index in [4.69, 9.17) is 14.2 Å². The fourth-order valence-corrected chi connectivity index (χ4v) is 6.13. The Morgan fingerprint density at radius 1 is 1.13 bits per heavy atom. The number of ether oxygens (including phenoxy) is 3. The third-order valence-electron chi connectivity index (χ3n) is 8.40. The molecule has 208 valence electrons. The Kier molecular flexibility index (Phi) is 6.79. The summed E-state index contributed by atoms with van der Waals surface area (Å²) in [6, 6.07) is 4.48. The second-order valence-corrected chi connectivity index (χ2v) is 10.6. The van der Waals surface area contributed by atoms with Crippen LogP contribution in [0.25, 0.3) is 0 Å². The van der Waals surface area contributed by atoms with Gasteiger partial charge in [0.15, 0.2) is 17.9 Å². The quantitative estimate of drug-likeness (QED) is 0.354. The predicted molar refractivity (Wildman–Crippen MR) is 136 cm³/mol. The molecule has 5 rings (SSSR count). The van der Waals surface area contributed by atoms with Gasteiger partial charge < -0.3 is 34.6 Å². The van der Waals surface area contributed by atoms with Gasteiger partial charge in [0.05, 0.1) is 42.1 Å². The van der Waals surface area contributed by atoms with Crippen molar-refractivity contribution in [2.75, 3.05) is 7.11 Å². The molecular formula is C29H32O10. The summed E-state index contributed by atoms with van der Waals surface area (Å²) in [5, 5.41) is 44.6. The van der Waals surface area contributed by atoms with E-state index in [-0.39, 0.29) is 40.3 Å². The number of rotatable bonds is 5. The summed E-state index contributed by atoms with van der Waals surface area (Å²) < 4.78 is 17.4. The maximum absolute atomic E-state index is 13.7. The number of benzene rings is 2. The second-order valence-electron chi connectivity index (χ2n) is 10.6. The summed E-state index contributed by atoms with van der Waals surface area (Å²) in [4.78, 5) is 39.8. The Labute approximate surface area is 225 Å². The normalized spacial score (nSPS) is 29.8. The van der Waals surface area contributed by atoms with E-state index in [0.717, 1.165) is 0 Å². The lowest BCUT2D eigenvalue weighted by Gasteiger charge is -2.42. The van der Waals surface area contributed by atoms with Crippen molar-refractivity contribution < 1.29 is 49.0 Å². The van der Waals surface area contributed by atoms with Gasteiger partial charge in [-0.15, -0.1) is 0 Å². The molecule has 4 N–H and O–H groups in total. The number of phenols is 2. The van der Waals surface area contributed by atoms with E-state index in [2.05, 4.69) is 0 Å². The Bertz CT molecular complexity index is 1380. The summed E-state index contributed by atoms with van der Waals surface area (Å²) in [6.07, 6.45) is -3.01. The Balaban J connectivity index is 1.67. The molecule has 0 aromatic heterocycles. The van der Waals surface area contributed by atoms with E-state index in [1.165, 1.54) is 32.2 Å². The monoisotopic (exact) mass is 540 g/mol. The molecule has 1 fully saturated rings. The number of phenolic OH excluding ortho intramolecular Hbond substituents is 2. The van der Waals surface area contributed by atoms with Gasteiger partial charge in [0.1, 0.15) is 22.8 Å². The van der Waals surface area contributed by atoms with Crippen molar-refractivity contribution in [2.24, 2.45) is 5.92 Å². The number of aliphatic hydroxyl groups is 2. The van der Waals surface area contributed by atoms with Crippen molar-refractivity contribution in [1.82, 2.24) is 0 Å². The number of carbonyl (C=O) groups is 3. The van der Waals surface area contributed by atoms with Crippen LogP contribution in [0.4, 0.5) is 0 Å². The number of Topliss-reactive ketones (excluding diaryl/α,β-unsaturated/α-hetero) is 1. The summed E-state index contributed by atoms with van der Waals surface area (Å²) in [6.45, 7) is 4.84. The lowest BCUT2D eigenvalue weighted by Crippen LogP contribution is -2.48. The molecule has 0 amide bonds. The van der Waals surface area contributed by atoms with Gasteiger partial charge in [0.2, 0.25) is 5.78 Å². The summed E-state index contributed by atoms with van der Waals surface area (Å²) in [5.41, 5.74) is -2.85. The van der Waals surface area contributed by atoms with E-state index < -0.39 is 76.6 Å². The second kappa shape index (κ2) is 9.71. The van der Waals surface area contributed by atoms with Crippen LogP contribution in [0, 0.1) is 5.92 Å². The minimum atomic E-state index is -1.97. The molecule has 2 aromatic rings. The van der Waals surface area contributed by atoms with E-state index in [0.29, 0.717) is 12.8 Å². The van der Waals surface area contributed by atoms with Crippen LogP contribution in [0.5, 0.6) is 17.2 Å². The van der Waals surface area contributed by atoms with Crippen LogP contribution in [0.15, 0.2) is 18.2 Å². The lowest BCUT2D eigenvalue weighted by atomic mass is 9.72. The minimum Gasteiger partial charge on any atom is -0.507 e. The first kappa shape index (κ1) is 27.3. The Morgan fingerprint density at radius 3 is 2.46 bits per heavy atom. The molecule has 1 saturated heterocycles. The van der Waals surface area contributed by atoms with Crippen molar-refractivity contribution >= 4 is 17.3 Å². The minimum absolute atomic E-state index is 0.000646. The molecule has 0 radical (unpaired) electrons. The molecule has 0 unspecified atom stereocenters. The molecule has 0 saturated carbocycles. The average molecular weight is 541 g/mol. The van der Waals surface area contributed by atoms with Crippen molar-refractivity contribution in [3.05, 3.63) is 51.6 Å². The highest BCUT2D eigenvalue weighted by molar-refractivity contribution is 6.31. The molecule has 0 spiro atoms. The number of aromatic hydroxyl groups is 2. The molecule has 3 aliphatic rings. The molecule has 10 heteroatoms. The highest BCUT2D eigenvalue weighted by Gasteiger charge is 2.49. The van der Waals surface area contributed by atoms with E-state index >= 15 is 0 Å². The number of carbonyl (C=O) groups excluding carboxylic acids is 3. The predicted octanol–water partition coefficient (Wildman–Crippen LogP) is 2.73. The van der Waals surface area contributed by atoms with Crippen LogP contribution in [-0.4, -0.2) is 69.0 Å². The van der Waals surface area contributed by atoms with Gasteiger partial charge in [-0.1, -0.05) is 25.5 Å². The van der Waals surface area contributed by atoms with Gasteiger partial charge in [-0.2, -0.15) is 0 Å². The SMILES string of the molecule is CC[C@H]1C[C@H](O[C@H]2C[C@](O)(C(C)=O)Cc3c(O)c4c(c(O)c32)C(=O)c2c(OC)cccc2C4=O)O[C@@H](C)[C@H]1O. The van der Waals surface area contributed by atoms with Crippen molar-refractivity contribution in [1.29, 1.82) is 0 Å². The first-order valence-electron chi connectivity index (χ1n) is 13.0. The topological polar surface area (TPSA) is 160 Å². The van der Waals surface area contributed by atoms with Gasteiger partial charge >= 0.3 is 0 Å². The van der Waals surface area contributed by atoms with Crippen LogP contribution in [0.1, 0.15) is 89.1 Å². The molecule has 6 atom stereocenters. The number of ketones is 3. The first-order chi connectivity index (χ1) is 18.4. The van der Waals surface area contributed by atoms with Crippen molar-refractivity contribution in [2.45, 2.75) is 76.7 Å². The smallest absolute Gasteiger partial charge is 0.202 e. The number of methoxy groups -OCH3 is 1. The summed E-state index contributed by atoms with van der Waals surface area (Å²) >= 11 is 0. The van der Waals surface area contributed by atoms with Gasteiger partial charge in [-0.05, 0) is 25.8 Å². The number of fused-ring (bicyclic) bond motifs is 3. The average Bonchev–Trinajstić information content (AvgIpc) is 2.90. The third kappa shape index (κ3) is 4.13. The van der Waals surface area contributed by atoms with E-state index in [9.17, 15) is 34.8 Å². The van der Waals surface area contributed by atoms with E-state index in [1.807, 2.05) is 6.92 Å². The molecule has 1 aliphatic heterocycles. The fourth-order valence-electron chi connectivity index (χ4n) is 6.13. The van der Waals surface area contributed by atoms with Gasteiger partial charge in [0.25, 0.3) is 0 Å². The van der Waals surface area contributed by atoms with Crippen LogP contribution < -0.4 is 4.74 Å². The highest BCUT2D eigenvalue weighted by atomic mass is 16.7. The standard InChI is InChI=1S/C29H32O10/c1-5-14-9-19(38-12(2)24(14)31)39-18-11-29(36,13(3)30)10-16-21(18)28(35)23-22(26(16)33)25(32)15-7-6-8-17(37-4)20(15)27(23)34/h6-8,12,14,18-19,24,31,33,35-36H,5,9-11H2,1-4H3/t12-,14-,18-,19-,24+,29-/m0/s1. The fraction of sp³-hybridized carbons (Fsp3) is 0.483. The zero-order valence-corrected chi connectivity index (χ0v) is 22.2. The van der Waals surface area contributed by atoms with Crippen LogP contribution >= 0.6 is 0 Å². The zero-order valence-electron chi connectivity index (χ0n) is 22.2. The molecular weight excluding hydrogens is 508 g/mol. The molecule has 10 nitrogen and oxygen atoms in total. The van der Waals surface area contributed by atoms with Crippen LogP contribution in [0.2, 0.25) is 0 Å². The number of aliphatic hydroxyl groups excluding tert-OH is 1. The summed E-state index contributed by atoms with van der Waals surface area (Å²) in [7, 11) is 1.35. The number of hydrogen-bond donors (Lipinski definition) is 4. The van der Waals surface area contributed by atoms with E-state index in [1.54, 1.807) is 6.92 Å². The van der Waals surface area contributed by atoms with Crippen molar-refractivity contribution in [3.63, 3.8) is 0 Å². The summed E-state index contributed by atoms with van der Waals surface area (Å²) in [5.74, 6) is -3.17. The molecule has 1 heterocycles. The largest absolute Gasteiger partial charge is 0.507 e. The first-order valence-corrected chi connectivity index (χ1v) is 13.0. The Morgan fingerprint density at radius 2 is 1.82 bits per heavy atom. The van der Waals surface area contributed by atoms with Crippen molar-refractivity contribution in [3.8, 4) is 17.2 Å². The number of hydrogen-bond acceptors (Lipinski definition) is 10. The lowest BCUT2D eigenvalue weighted by molar-refractivity contribution is -0.257. The Hall–Kier alpha value is -3.31. The van der Waals surface area contributed by atoms with Gasteiger partial charge in [-0.25, -0.2) is 0 Å².